The van der Waals surface area contributed by atoms with Crippen LogP contribution < -0.4 is 10.6 Å². The summed E-state index contributed by atoms with van der Waals surface area (Å²) < 4.78 is 53.0. The van der Waals surface area contributed by atoms with E-state index in [1.54, 1.807) is 16.7 Å². The summed E-state index contributed by atoms with van der Waals surface area (Å²) in [7, 11) is -1.14. The molecular formula is C27H32F2N4O2S. The van der Waals surface area contributed by atoms with E-state index in [9.17, 15) is 17.2 Å². The van der Waals surface area contributed by atoms with Gasteiger partial charge in [0.15, 0.2) is 9.84 Å². The molecule has 36 heavy (non-hydrogen) atoms. The normalized spacial score (nSPS) is 15.5. The van der Waals surface area contributed by atoms with Crippen LogP contribution in [0.15, 0.2) is 53.4 Å². The number of sulfone groups is 1. The fourth-order valence-corrected chi connectivity index (χ4v) is 5.07. The molecule has 1 aliphatic heterocycles. The van der Waals surface area contributed by atoms with Crippen molar-refractivity contribution < 1.29 is 17.2 Å². The molecule has 2 heterocycles. The number of alkyl halides is 2. The first kappa shape index (κ1) is 26.0. The Morgan fingerprint density at radius 3 is 2.44 bits per heavy atom. The van der Waals surface area contributed by atoms with Gasteiger partial charge in [-0.1, -0.05) is 12.0 Å². The summed E-state index contributed by atoms with van der Waals surface area (Å²) in [5, 5.41) is 7.63. The number of halogens is 2. The van der Waals surface area contributed by atoms with E-state index in [-0.39, 0.29) is 11.4 Å². The Balaban J connectivity index is 1.56. The van der Waals surface area contributed by atoms with Gasteiger partial charge in [-0.2, -0.15) is 0 Å². The highest BCUT2D eigenvalue weighted by molar-refractivity contribution is 7.90. The van der Waals surface area contributed by atoms with E-state index in [4.69, 9.17) is 0 Å². The second kappa shape index (κ2) is 10.5. The van der Waals surface area contributed by atoms with Crippen molar-refractivity contribution in [2.24, 2.45) is 0 Å². The largest absolute Gasteiger partial charge is 0.382 e. The smallest absolute Gasteiger partial charge is 0.262 e. The van der Waals surface area contributed by atoms with E-state index in [1.165, 1.54) is 12.1 Å². The van der Waals surface area contributed by atoms with Crippen molar-refractivity contribution in [2.45, 2.75) is 43.2 Å². The number of fused-ring (bicyclic) bond motifs is 1. The van der Waals surface area contributed by atoms with Crippen molar-refractivity contribution in [3.05, 3.63) is 54.2 Å². The van der Waals surface area contributed by atoms with Crippen LogP contribution in [-0.4, -0.2) is 62.8 Å². The first-order valence-corrected chi connectivity index (χ1v) is 13.9. The SMILES string of the molecule is CN1CCC(Nc2cccc3c2cc(C#CCNc2ccc(S(C)(=O)=O)cc2)n3CC(C)(F)F)CC1. The van der Waals surface area contributed by atoms with Gasteiger partial charge in [-0.15, -0.1) is 0 Å². The quantitative estimate of drug-likeness (QED) is 0.449. The van der Waals surface area contributed by atoms with Crippen LogP contribution in [-0.2, 0) is 16.4 Å². The molecule has 0 radical (unpaired) electrons. The molecule has 0 bridgehead atoms. The number of hydrogen-bond acceptors (Lipinski definition) is 5. The number of nitrogens with one attached hydrogen (secondary N) is 2. The highest BCUT2D eigenvalue weighted by Gasteiger charge is 2.25. The van der Waals surface area contributed by atoms with Crippen molar-refractivity contribution in [1.29, 1.82) is 0 Å². The van der Waals surface area contributed by atoms with Gasteiger partial charge >= 0.3 is 0 Å². The molecule has 0 unspecified atom stereocenters. The minimum absolute atomic E-state index is 0.244. The Morgan fingerprint density at radius 1 is 1.11 bits per heavy atom. The van der Waals surface area contributed by atoms with Gasteiger partial charge in [0.05, 0.1) is 29.2 Å². The lowest BCUT2D eigenvalue weighted by Crippen LogP contribution is -2.36. The Hall–Kier alpha value is -3.09. The van der Waals surface area contributed by atoms with Crippen LogP contribution >= 0.6 is 0 Å². The third kappa shape index (κ3) is 6.56. The van der Waals surface area contributed by atoms with E-state index in [1.807, 2.05) is 24.3 Å². The maximum Gasteiger partial charge on any atom is 0.262 e. The average Bonchev–Trinajstić information content (AvgIpc) is 3.15. The molecule has 2 N–H and O–H groups in total. The number of benzene rings is 2. The van der Waals surface area contributed by atoms with Gasteiger partial charge in [-0.3, -0.25) is 0 Å². The lowest BCUT2D eigenvalue weighted by atomic mass is 10.0. The van der Waals surface area contributed by atoms with Gasteiger partial charge in [-0.05, 0) is 81.4 Å². The molecule has 0 atom stereocenters. The lowest BCUT2D eigenvalue weighted by Gasteiger charge is -2.30. The van der Waals surface area contributed by atoms with E-state index >= 15 is 0 Å². The van der Waals surface area contributed by atoms with Crippen LogP contribution in [0.25, 0.3) is 10.9 Å². The number of piperidine rings is 1. The van der Waals surface area contributed by atoms with Crippen molar-refractivity contribution in [3.63, 3.8) is 0 Å². The minimum Gasteiger partial charge on any atom is -0.382 e. The molecule has 3 aromatic rings. The predicted molar refractivity (Wildman–Crippen MR) is 142 cm³/mol. The van der Waals surface area contributed by atoms with Crippen LogP contribution in [0.2, 0.25) is 0 Å². The summed E-state index contributed by atoms with van der Waals surface area (Å²) in [6.07, 6.45) is 3.22. The predicted octanol–water partition coefficient (Wildman–Crippen LogP) is 4.67. The summed E-state index contributed by atoms with van der Waals surface area (Å²) in [5.41, 5.74) is 2.91. The van der Waals surface area contributed by atoms with Crippen molar-refractivity contribution in [3.8, 4) is 11.8 Å². The highest BCUT2D eigenvalue weighted by Crippen LogP contribution is 2.30. The first-order chi connectivity index (χ1) is 17.0. The van der Waals surface area contributed by atoms with Crippen LogP contribution in [0, 0.1) is 11.8 Å². The topological polar surface area (TPSA) is 66.4 Å². The number of rotatable bonds is 7. The molecule has 1 fully saturated rings. The fourth-order valence-electron chi connectivity index (χ4n) is 4.44. The Bertz CT molecular complexity index is 1380. The highest BCUT2D eigenvalue weighted by atomic mass is 32.2. The molecule has 1 saturated heterocycles. The molecular weight excluding hydrogens is 482 g/mol. The number of aromatic nitrogens is 1. The summed E-state index contributed by atoms with van der Waals surface area (Å²) in [4.78, 5) is 2.55. The van der Waals surface area contributed by atoms with E-state index in [0.29, 0.717) is 11.7 Å². The summed E-state index contributed by atoms with van der Waals surface area (Å²) in [6.45, 7) is 2.79. The van der Waals surface area contributed by atoms with Crippen LogP contribution in [0.3, 0.4) is 0 Å². The second-order valence-corrected chi connectivity index (χ2v) is 11.6. The monoisotopic (exact) mass is 514 g/mol. The van der Waals surface area contributed by atoms with Crippen molar-refractivity contribution in [1.82, 2.24) is 9.47 Å². The zero-order valence-electron chi connectivity index (χ0n) is 20.8. The number of hydrogen-bond donors (Lipinski definition) is 2. The van der Waals surface area contributed by atoms with Gasteiger partial charge in [0.25, 0.3) is 5.92 Å². The summed E-state index contributed by atoms with van der Waals surface area (Å²) >= 11 is 0. The molecule has 2 aromatic carbocycles. The molecule has 0 aliphatic carbocycles. The molecule has 1 aromatic heterocycles. The Labute approximate surface area is 211 Å². The van der Waals surface area contributed by atoms with Gasteiger partial charge in [0.2, 0.25) is 0 Å². The summed E-state index contributed by atoms with van der Waals surface area (Å²) in [6, 6.07) is 14.4. The molecule has 9 heteroatoms. The summed E-state index contributed by atoms with van der Waals surface area (Å²) in [5.74, 6) is 3.18. The average molecular weight is 515 g/mol. The molecule has 0 amide bonds. The van der Waals surface area contributed by atoms with E-state index in [0.717, 1.165) is 61.4 Å². The number of likely N-dealkylation sites (tertiary alicyclic amines) is 1. The molecule has 1 aliphatic rings. The Kier molecular flexibility index (Phi) is 7.57. The minimum atomic E-state index is -3.26. The molecule has 6 nitrogen and oxygen atoms in total. The second-order valence-electron chi connectivity index (χ2n) is 9.60. The number of nitrogens with zero attached hydrogens (tertiary/aromatic N) is 2. The van der Waals surface area contributed by atoms with Crippen LogP contribution in [0.5, 0.6) is 0 Å². The number of anilines is 2. The van der Waals surface area contributed by atoms with Crippen molar-refractivity contribution in [2.75, 3.05) is 43.6 Å². The van der Waals surface area contributed by atoms with Crippen LogP contribution in [0.4, 0.5) is 20.2 Å². The zero-order chi connectivity index (χ0) is 25.9. The first-order valence-electron chi connectivity index (χ1n) is 12.0. The zero-order valence-corrected chi connectivity index (χ0v) is 21.6. The molecule has 4 rings (SSSR count). The third-order valence-electron chi connectivity index (χ3n) is 6.34. The molecule has 0 spiro atoms. The van der Waals surface area contributed by atoms with Crippen molar-refractivity contribution >= 4 is 32.1 Å². The standard InChI is InChI=1S/C27H32F2N4O2S/c1-27(28,29)19-33-22(6-5-15-30-20-9-11-23(12-10-20)36(3,34)35)18-24-25(7-4-8-26(24)33)31-21-13-16-32(2)17-14-21/h4,7-12,18,21,30-31H,13-17,19H2,1-3H3. The molecule has 0 saturated carbocycles. The maximum absolute atomic E-state index is 14.1. The van der Waals surface area contributed by atoms with E-state index < -0.39 is 22.3 Å². The van der Waals surface area contributed by atoms with Gasteiger partial charge in [0.1, 0.15) is 0 Å². The molecule has 192 valence electrons. The maximum atomic E-state index is 14.1. The Morgan fingerprint density at radius 2 is 1.81 bits per heavy atom. The third-order valence-corrected chi connectivity index (χ3v) is 7.47. The van der Waals surface area contributed by atoms with Crippen LogP contribution in [0.1, 0.15) is 25.5 Å². The van der Waals surface area contributed by atoms with E-state index in [2.05, 4.69) is 34.4 Å². The lowest BCUT2D eigenvalue weighted by molar-refractivity contribution is 0.00490. The fraction of sp³-hybridized carbons (Fsp3) is 0.407. The van der Waals surface area contributed by atoms with Gasteiger partial charge in [0, 0.05) is 36.0 Å². The van der Waals surface area contributed by atoms with Gasteiger partial charge < -0.3 is 20.1 Å². The van der Waals surface area contributed by atoms with Gasteiger partial charge in [-0.25, -0.2) is 17.2 Å².